The maximum absolute atomic E-state index is 3.91. The van der Waals surface area contributed by atoms with Crippen molar-refractivity contribution in [3.05, 3.63) is 0 Å². The lowest BCUT2D eigenvalue weighted by Gasteiger charge is -2.39. The monoisotopic (exact) mass is 237 g/mol. The summed E-state index contributed by atoms with van der Waals surface area (Å²) in [6.45, 7) is 7.02. The van der Waals surface area contributed by atoms with Crippen LogP contribution in [-0.2, 0) is 0 Å². The van der Waals surface area contributed by atoms with E-state index in [0.29, 0.717) is 0 Å². The third kappa shape index (κ3) is 3.24. The zero-order valence-corrected chi connectivity index (χ0v) is 12.1. The highest BCUT2D eigenvalue weighted by Gasteiger charge is 2.37. The summed E-state index contributed by atoms with van der Waals surface area (Å²) in [4.78, 5) is 0. The van der Waals surface area contributed by atoms with E-state index in [-0.39, 0.29) is 0 Å². The third-order valence-electron chi connectivity index (χ3n) is 5.40. The van der Waals surface area contributed by atoms with Crippen LogP contribution in [-0.4, -0.2) is 12.1 Å². The van der Waals surface area contributed by atoms with Gasteiger partial charge in [0.1, 0.15) is 0 Å². The number of rotatable bonds is 4. The predicted octanol–water partition coefficient (Wildman–Crippen LogP) is 4.51. The average Bonchev–Trinajstić information content (AvgIpc) is 2.77. The van der Waals surface area contributed by atoms with Gasteiger partial charge in [0.2, 0.25) is 0 Å². The maximum Gasteiger partial charge on any atom is 0.00900 e. The van der Waals surface area contributed by atoms with E-state index in [1.165, 1.54) is 57.8 Å². The Morgan fingerprint density at radius 3 is 2.12 bits per heavy atom. The summed E-state index contributed by atoms with van der Waals surface area (Å²) in [6.07, 6.45) is 13.2. The lowest BCUT2D eigenvalue weighted by molar-refractivity contribution is 0.157. The van der Waals surface area contributed by atoms with Crippen LogP contribution in [0.3, 0.4) is 0 Å². The highest BCUT2D eigenvalue weighted by atomic mass is 15.0. The van der Waals surface area contributed by atoms with Crippen molar-refractivity contribution in [2.24, 2.45) is 11.3 Å². The van der Waals surface area contributed by atoms with Crippen LogP contribution < -0.4 is 5.32 Å². The van der Waals surface area contributed by atoms with Gasteiger partial charge >= 0.3 is 0 Å². The van der Waals surface area contributed by atoms with Crippen molar-refractivity contribution in [3.8, 4) is 0 Å². The highest BCUT2D eigenvalue weighted by molar-refractivity contribution is 4.92. The van der Waals surface area contributed by atoms with Gasteiger partial charge in [-0.3, -0.25) is 0 Å². The Bertz CT molecular complexity index is 218. The molecule has 0 amide bonds. The quantitative estimate of drug-likeness (QED) is 0.758. The highest BCUT2D eigenvalue weighted by Crippen LogP contribution is 2.48. The number of nitrogens with one attached hydrogen (secondary N) is 1. The molecular formula is C16H31N. The topological polar surface area (TPSA) is 12.0 Å². The molecule has 2 fully saturated rings. The fourth-order valence-corrected chi connectivity index (χ4v) is 4.11. The van der Waals surface area contributed by atoms with Crippen molar-refractivity contribution < 1.29 is 0 Å². The van der Waals surface area contributed by atoms with E-state index in [4.69, 9.17) is 0 Å². The zero-order valence-electron chi connectivity index (χ0n) is 12.1. The zero-order chi connectivity index (χ0) is 12.3. The van der Waals surface area contributed by atoms with Crippen LogP contribution in [0.25, 0.3) is 0 Å². The van der Waals surface area contributed by atoms with E-state index < -0.39 is 0 Å². The van der Waals surface area contributed by atoms with Crippen LogP contribution in [0, 0.1) is 11.3 Å². The fourth-order valence-electron chi connectivity index (χ4n) is 4.11. The molecular weight excluding hydrogens is 206 g/mol. The molecule has 0 aromatic heterocycles. The number of hydrogen-bond donors (Lipinski definition) is 1. The molecule has 1 unspecified atom stereocenters. The Hall–Kier alpha value is -0.0400. The molecule has 2 aliphatic carbocycles. The van der Waals surface area contributed by atoms with E-state index in [0.717, 1.165) is 23.4 Å². The van der Waals surface area contributed by atoms with E-state index >= 15 is 0 Å². The molecule has 1 nitrogen and oxygen atoms in total. The first-order valence-corrected chi connectivity index (χ1v) is 7.91. The van der Waals surface area contributed by atoms with Gasteiger partial charge in [0, 0.05) is 12.1 Å². The third-order valence-corrected chi connectivity index (χ3v) is 5.40. The van der Waals surface area contributed by atoms with Crippen molar-refractivity contribution in [2.75, 3.05) is 0 Å². The fraction of sp³-hybridized carbons (Fsp3) is 1.00. The molecule has 0 aliphatic heterocycles. The lowest BCUT2D eigenvalue weighted by atomic mass is 9.71. The first kappa shape index (κ1) is 13.4. The molecule has 1 atom stereocenters. The van der Waals surface area contributed by atoms with Gasteiger partial charge in [-0.1, -0.05) is 33.6 Å². The molecule has 2 rings (SSSR count). The Morgan fingerprint density at radius 2 is 1.65 bits per heavy atom. The summed E-state index contributed by atoms with van der Waals surface area (Å²) in [7, 11) is 0. The van der Waals surface area contributed by atoms with Crippen LogP contribution in [0.5, 0.6) is 0 Å². The van der Waals surface area contributed by atoms with E-state index in [9.17, 15) is 0 Å². The Labute approximate surface area is 108 Å². The second-order valence-corrected chi connectivity index (χ2v) is 6.91. The summed E-state index contributed by atoms with van der Waals surface area (Å²) in [5, 5.41) is 3.91. The summed E-state index contributed by atoms with van der Waals surface area (Å²) in [5.41, 5.74) is 0.789. The van der Waals surface area contributed by atoms with Crippen LogP contribution in [0.2, 0.25) is 0 Å². The average molecular weight is 237 g/mol. The molecule has 1 heteroatoms. The van der Waals surface area contributed by atoms with Gasteiger partial charge in [0.15, 0.2) is 0 Å². The van der Waals surface area contributed by atoms with Gasteiger partial charge < -0.3 is 5.32 Å². The molecule has 0 heterocycles. The number of hydrogen-bond acceptors (Lipinski definition) is 1. The Balaban J connectivity index is 1.78. The lowest BCUT2D eigenvalue weighted by Crippen LogP contribution is -2.44. The normalized spacial score (nSPS) is 26.8. The van der Waals surface area contributed by atoms with Crippen molar-refractivity contribution in [1.82, 2.24) is 5.32 Å². The molecule has 2 aliphatic rings. The van der Waals surface area contributed by atoms with Crippen LogP contribution in [0.4, 0.5) is 0 Å². The molecule has 1 spiro atoms. The van der Waals surface area contributed by atoms with Crippen LogP contribution in [0.1, 0.15) is 78.6 Å². The molecule has 100 valence electrons. The van der Waals surface area contributed by atoms with Gasteiger partial charge in [-0.05, 0) is 56.3 Å². The molecule has 0 bridgehead atoms. The molecule has 17 heavy (non-hydrogen) atoms. The Kier molecular flexibility index (Phi) is 4.52. The second-order valence-electron chi connectivity index (χ2n) is 6.91. The minimum atomic E-state index is 0.734. The first-order valence-electron chi connectivity index (χ1n) is 7.91. The molecule has 0 aromatic rings. The molecule has 0 radical (unpaired) electrons. The van der Waals surface area contributed by atoms with Gasteiger partial charge in [0.25, 0.3) is 0 Å². The summed E-state index contributed by atoms with van der Waals surface area (Å²) < 4.78 is 0. The van der Waals surface area contributed by atoms with Gasteiger partial charge in [-0.15, -0.1) is 0 Å². The Morgan fingerprint density at radius 1 is 1.06 bits per heavy atom. The molecule has 0 aromatic carbocycles. The summed E-state index contributed by atoms with van der Waals surface area (Å²) in [6, 6.07) is 1.55. The van der Waals surface area contributed by atoms with Gasteiger partial charge in [-0.25, -0.2) is 0 Å². The largest absolute Gasteiger partial charge is 0.311 e. The van der Waals surface area contributed by atoms with E-state index in [2.05, 4.69) is 26.1 Å². The van der Waals surface area contributed by atoms with Crippen molar-refractivity contribution in [1.29, 1.82) is 0 Å². The molecule has 2 saturated carbocycles. The molecule has 1 N–H and O–H groups in total. The minimum absolute atomic E-state index is 0.734. The summed E-state index contributed by atoms with van der Waals surface area (Å²) >= 11 is 0. The van der Waals surface area contributed by atoms with Gasteiger partial charge in [-0.2, -0.15) is 0 Å². The van der Waals surface area contributed by atoms with Crippen molar-refractivity contribution in [2.45, 2.75) is 90.6 Å². The summed E-state index contributed by atoms with van der Waals surface area (Å²) in [5.74, 6) is 0.780. The SMILES string of the molecule is CCC(NC1CCC2(CCCC2)CC1)C(C)C. The van der Waals surface area contributed by atoms with Crippen molar-refractivity contribution in [3.63, 3.8) is 0 Å². The second kappa shape index (κ2) is 5.73. The smallest absolute Gasteiger partial charge is 0.00900 e. The standard InChI is InChI=1S/C16H31N/c1-4-15(13(2)3)17-14-7-11-16(12-8-14)9-5-6-10-16/h13-15,17H,4-12H2,1-3H3. The van der Waals surface area contributed by atoms with Crippen LogP contribution in [0.15, 0.2) is 0 Å². The van der Waals surface area contributed by atoms with Gasteiger partial charge in [0.05, 0.1) is 0 Å². The van der Waals surface area contributed by atoms with Crippen molar-refractivity contribution >= 4 is 0 Å². The van der Waals surface area contributed by atoms with E-state index in [1.54, 1.807) is 0 Å². The van der Waals surface area contributed by atoms with Crippen LogP contribution >= 0.6 is 0 Å². The first-order chi connectivity index (χ1) is 8.15. The van der Waals surface area contributed by atoms with E-state index in [1.807, 2.05) is 0 Å². The molecule has 0 saturated heterocycles. The predicted molar refractivity (Wildman–Crippen MR) is 75.2 cm³/mol. The maximum atomic E-state index is 3.91. The minimum Gasteiger partial charge on any atom is -0.311 e.